The lowest BCUT2D eigenvalue weighted by Gasteiger charge is -2.06. The van der Waals surface area contributed by atoms with E-state index in [0.717, 1.165) is 35.7 Å². The lowest BCUT2D eigenvalue weighted by atomic mass is 10.1. The number of para-hydroxylation sites is 1. The molecule has 4 aromatic rings. The Labute approximate surface area is 157 Å². The molecule has 0 bridgehead atoms. The number of hydrogen-bond donors (Lipinski definition) is 1. The van der Waals surface area contributed by atoms with Gasteiger partial charge < -0.3 is 0 Å². The highest BCUT2D eigenvalue weighted by Gasteiger charge is 2.19. The minimum Gasteiger partial charge on any atom is -0.295 e. The summed E-state index contributed by atoms with van der Waals surface area (Å²) in [7, 11) is 0. The Morgan fingerprint density at radius 2 is 1.63 bits per heavy atom. The third-order valence-electron chi connectivity index (χ3n) is 4.70. The van der Waals surface area contributed by atoms with Crippen LogP contribution in [-0.2, 0) is 13.0 Å². The lowest BCUT2D eigenvalue weighted by Crippen LogP contribution is -2.17. The molecule has 5 heteroatoms. The Morgan fingerprint density at radius 1 is 0.963 bits per heavy atom. The second kappa shape index (κ2) is 7.11. The lowest BCUT2D eigenvalue weighted by molar-refractivity contribution is 0.616. The molecule has 136 valence electrons. The van der Waals surface area contributed by atoms with Gasteiger partial charge in [-0.1, -0.05) is 48.5 Å². The predicted molar refractivity (Wildman–Crippen MR) is 107 cm³/mol. The Balaban J connectivity index is 1.72. The zero-order valence-corrected chi connectivity index (χ0v) is 15.5. The Morgan fingerprint density at radius 3 is 2.33 bits per heavy atom. The monoisotopic (exact) mass is 358 g/mol. The van der Waals surface area contributed by atoms with Crippen molar-refractivity contribution >= 4 is 0 Å². The molecule has 0 atom stereocenters. The highest BCUT2D eigenvalue weighted by molar-refractivity contribution is 5.62. The maximum Gasteiger partial charge on any atom is 0.280 e. The van der Waals surface area contributed by atoms with E-state index in [2.05, 4.69) is 22.3 Å². The molecule has 2 heterocycles. The van der Waals surface area contributed by atoms with E-state index in [0.29, 0.717) is 5.56 Å². The van der Waals surface area contributed by atoms with Crippen LogP contribution in [0.3, 0.4) is 0 Å². The second-order valence-electron chi connectivity index (χ2n) is 6.72. The average molecular weight is 358 g/mol. The zero-order valence-electron chi connectivity index (χ0n) is 15.5. The van der Waals surface area contributed by atoms with Gasteiger partial charge in [0.1, 0.15) is 0 Å². The fourth-order valence-electron chi connectivity index (χ4n) is 3.40. The average Bonchev–Trinajstić information content (AvgIpc) is 3.20. The maximum atomic E-state index is 13.1. The summed E-state index contributed by atoms with van der Waals surface area (Å²) < 4.78 is 3.53. The van der Waals surface area contributed by atoms with Crippen molar-refractivity contribution in [3.63, 3.8) is 0 Å². The largest absolute Gasteiger partial charge is 0.295 e. The van der Waals surface area contributed by atoms with Crippen molar-refractivity contribution in [1.82, 2.24) is 19.6 Å². The summed E-state index contributed by atoms with van der Waals surface area (Å²) in [6, 6.07) is 21.9. The molecule has 0 fully saturated rings. The van der Waals surface area contributed by atoms with Gasteiger partial charge in [-0.05, 0) is 44.0 Å². The van der Waals surface area contributed by atoms with Crippen LogP contribution in [0.4, 0.5) is 0 Å². The summed E-state index contributed by atoms with van der Waals surface area (Å²) in [6.07, 6.45) is 0.866. The van der Waals surface area contributed by atoms with Crippen molar-refractivity contribution in [2.24, 2.45) is 0 Å². The van der Waals surface area contributed by atoms with Crippen LogP contribution in [0, 0.1) is 13.8 Å². The minimum absolute atomic E-state index is 0.0560. The molecule has 0 radical (unpaired) electrons. The number of nitrogens with one attached hydrogen (secondary N) is 1. The van der Waals surface area contributed by atoms with Gasteiger partial charge in [0.05, 0.1) is 22.6 Å². The number of benzene rings is 2. The number of nitrogens with zero attached hydrogens (tertiary/aromatic N) is 3. The second-order valence-corrected chi connectivity index (χ2v) is 6.72. The third-order valence-corrected chi connectivity index (χ3v) is 4.70. The van der Waals surface area contributed by atoms with E-state index in [1.165, 1.54) is 5.56 Å². The third kappa shape index (κ3) is 3.36. The molecule has 2 aromatic heterocycles. The van der Waals surface area contributed by atoms with E-state index < -0.39 is 0 Å². The molecule has 0 aliphatic heterocycles. The van der Waals surface area contributed by atoms with Crippen LogP contribution >= 0.6 is 0 Å². The van der Waals surface area contributed by atoms with Gasteiger partial charge >= 0.3 is 0 Å². The Hall–Kier alpha value is -3.34. The van der Waals surface area contributed by atoms with Crippen LogP contribution in [0.1, 0.15) is 17.0 Å². The number of H-pyrrole nitrogens is 1. The van der Waals surface area contributed by atoms with E-state index in [4.69, 9.17) is 0 Å². The van der Waals surface area contributed by atoms with Crippen molar-refractivity contribution in [2.45, 2.75) is 26.8 Å². The molecule has 0 saturated carbocycles. The predicted octanol–water partition coefficient (Wildman–Crippen LogP) is 3.89. The van der Waals surface area contributed by atoms with Crippen LogP contribution in [0.2, 0.25) is 0 Å². The first kappa shape index (κ1) is 17.1. The highest BCUT2D eigenvalue weighted by Crippen LogP contribution is 2.21. The Bertz CT molecular complexity index is 1100. The summed E-state index contributed by atoms with van der Waals surface area (Å²) in [5, 5.41) is 7.82. The Kier molecular flexibility index (Phi) is 4.50. The van der Waals surface area contributed by atoms with Crippen molar-refractivity contribution in [2.75, 3.05) is 0 Å². The number of rotatable bonds is 5. The van der Waals surface area contributed by atoms with Crippen molar-refractivity contribution in [3.8, 4) is 16.9 Å². The molecule has 27 heavy (non-hydrogen) atoms. The summed E-state index contributed by atoms with van der Waals surface area (Å²) >= 11 is 0. The first-order valence-corrected chi connectivity index (χ1v) is 9.09. The smallest absolute Gasteiger partial charge is 0.280 e. The molecule has 1 N–H and O–H groups in total. The summed E-state index contributed by atoms with van der Waals surface area (Å²) in [6.45, 7) is 4.61. The molecule has 0 aliphatic rings. The molecule has 0 aliphatic carbocycles. The first-order chi connectivity index (χ1) is 13.1. The fourth-order valence-corrected chi connectivity index (χ4v) is 3.40. The van der Waals surface area contributed by atoms with Gasteiger partial charge in [0, 0.05) is 12.2 Å². The number of hydrogen-bond acceptors (Lipinski definition) is 2. The molecule has 0 amide bonds. The van der Waals surface area contributed by atoms with Gasteiger partial charge in [0.25, 0.3) is 5.56 Å². The molecule has 5 nitrogen and oxygen atoms in total. The molecule has 0 unspecified atom stereocenters. The summed E-state index contributed by atoms with van der Waals surface area (Å²) in [4.78, 5) is 13.1. The van der Waals surface area contributed by atoms with Crippen LogP contribution in [0.5, 0.6) is 0 Å². The number of aromatic amines is 1. The molecule has 4 rings (SSSR count). The van der Waals surface area contributed by atoms with Crippen LogP contribution < -0.4 is 5.56 Å². The molecule has 0 spiro atoms. The van der Waals surface area contributed by atoms with E-state index in [9.17, 15) is 4.79 Å². The zero-order chi connectivity index (χ0) is 18.8. The molecule has 2 aromatic carbocycles. The van der Waals surface area contributed by atoms with Crippen LogP contribution in [0.15, 0.2) is 71.5 Å². The number of aryl methyl sites for hydroxylation is 4. The quantitative estimate of drug-likeness (QED) is 0.588. The SMILES string of the molecule is Cc1cc(-c2c(C)[nH]n(-c3ccccc3)c2=O)n(CCc2ccccc2)n1. The first-order valence-electron chi connectivity index (χ1n) is 9.09. The maximum absolute atomic E-state index is 13.1. The van der Waals surface area contributed by atoms with Gasteiger partial charge in [0.2, 0.25) is 0 Å². The van der Waals surface area contributed by atoms with E-state index in [1.54, 1.807) is 4.68 Å². The standard InChI is InChI=1S/C22H22N4O/c1-16-15-20(25(23-16)14-13-18-9-5-3-6-10-18)21-17(2)24-26(22(21)27)19-11-7-4-8-12-19/h3-12,15,24H,13-14H2,1-2H3. The van der Waals surface area contributed by atoms with Crippen molar-refractivity contribution < 1.29 is 0 Å². The molecule has 0 saturated heterocycles. The van der Waals surface area contributed by atoms with Crippen LogP contribution in [0.25, 0.3) is 16.9 Å². The number of aromatic nitrogens is 4. The normalized spacial score (nSPS) is 11.0. The minimum atomic E-state index is -0.0560. The fraction of sp³-hybridized carbons (Fsp3) is 0.182. The van der Waals surface area contributed by atoms with Crippen LogP contribution in [-0.4, -0.2) is 19.6 Å². The van der Waals surface area contributed by atoms with Gasteiger partial charge in [-0.25, -0.2) is 4.68 Å². The molecular formula is C22H22N4O. The molecular weight excluding hydrogens is 336 g/mol. The van der Waals surface area contributed by atoms with Crippen molar-refractivity contribution in [3.05, 3.63) is 94.0 Å². The highest BCUT2D eigenvalue weighted by atomic mass is 16.1. The summed E-state index contributed by atoms with van der Waals surface area (Å²) in [5.74, 6) is 0. The van der Waals surface area contributed by atoms with Gasteiger partial charge in [0.15, 0.2) is 0 Å². The van der Waals surface area contributed by atoms with E-state index in [1.807, 2.05) is 73.1 Å². The van der Waals surface area contributed by atoms with E-state index in [-0.39, 0.29) is 5.56 Å². The van der Waals surface area contributed by atoms with Crippen molar-refractivity contribution in [1.29, 1.82) is 0 Å². The summed E-state index contributed by atoms with van der Waals surface area (Å²) in [5.41, 5.74) is 5.30. The van der Waals surface area contributed by atoms with Gasteiger partial charge in [-0.2, -0.15) is 5.10 Å². The van der Waals surface area contributed by atoms with Gasteiger partial charge in [-0.15, -0.1) is 0 Å². The van der Waals surface area contributed by atoms with Gasteiger partial charge in [-0.3, -0.25) is 14.6 Å². The van der Waals surface area contributed by atoms with E-state index >= 15 is 0 Å². The topological polar surface area (TPSA) is 55.6 Å².